The summed E-state index contributed by atoms with van der Waals surface area (Å²) in [7, 11) is 1.56. The van der Waals surface area contributed by atoms with Gasteiger partial charge in [0, 0.05) is 42.0 Å². The zero-order chi connectivity index (χ0) is 14.2. The van der Waals surface area contributed by atoms with Crippen LogP contribution < -0.4 is 4.90 Å². The number of hydrogen-bond donors (Lipinski definition) is 0. The molecule has 0 radical (unpaired) electrons. The molecular weight excluding hydrogens is 335 g/mol. The fraction of sp³-hybridized carbons (Fsp3) is 0.400. The summed E-state index contributed by atoms with van der Waals surface area (Å²) < 4.78 is 22.1. The molecule has 0 aliphatic carbocycles. The molecule has 2 rings (SSSR count). The van der Waals surface area contributed by atoms with Crippen LogP contribution in [0.15, 0.2) is 12.4 Å². The van der Waals surface area contributed by atoms with Crippen molar-refractivity contribution in [1.82, 2.24) is 4.98 Å². The van der Waals surface area contributed by atoms with Crippen molar-refractivity contribution in [3.63, 3.8) is 0 Å². The first-order valence-electron chi connectivity index (χ1n) is 5.29. The Kier molecular flexibility index (Phi) is 4.25. The molecule has 1 aromatic rings. The van der Waals surface area contributed by atoms with Crippen LogP contribution in [0.1, 0.15) is 6.42 Å². The van der Waals surface area contributed by atoms with E-state index >= 15 is 0 Å². The van der Waals surface area contributed by atoms with E-state index in [1.54, 1.807) is 0 Å². The first kappa shape index (κ1) is 14.8. The average Bonchev–Trinajstić information content (AvgIpc) is 2.56. The van der Waals surface area contributed by atoms with Gasteiger partial charge >= 0.3 is 0 Å². The van der Waals surface area contributed by atoms with Crippen LogP contribution in [-0.2, 0) is 13.8 Å². The van der Waals surface area contributed by atoms with Gasteiger partial charge in [0.2, 0.25) is 15.0 Å². The standard InChI is InChI=1S/C10H9Cl3N2O3S/c11-7-2-14-3-8(12)10(7)15-4-6(1-9(15)16)5-19(13,17)18/h2-3,6H,1,4-5H2. The lowest BCUT2D eigenvalue weighted by Crippen LogP contribution is -2.26. The van der Waals surface area contributed by atoms with E-state index in [1.807, 2.05) is 0 Å². The zero-order valence-electron chi connectivity index (χ0n) is 9.51. The fourth-order valence-corrected chi connectivity index (χ4v) is 3.94. The Morgan fingerprint density at radius 3 is 2.42 bits per heavy atom. The van der Waals surface area contributed by atoms with E-state index < -0.39 is 9.05 Å². The van der Waals surface area contributed by atoms with Crippen molar-refractivity contribution in [2.24, 2.45) is 5.92 Å². The van der Waals surface area contributed by atoms with Gasteiger partial charge < -0.3 is 4.90 Å². The molecule has 1 amide bonds. The van der Waals surface area contributed by atoms with Crippen LogP contribution in [0.5, 0.6) is 0 Å². The molecular formula is C10H9Cl3N2O3S. The largest absolute Gasteiger partial charge is 0.309 e. The predicted octanol–water partition coefficient (Wildman–Crippen LogP) is 2.31. The molecule has 1 saturated heterocycles. The van der Waals surface area contributed by atoms with Crippen molar-refractivity contribution >= 4 is 54.5 Å². The molecule has 0 spiro atoms. The van der Waals surface area contributed by atoms with Gasteiger partial charge in [-0.25, -0.2) is 8.42 Å². The second-order valence-corrected chi connectivity index (χ2v) is 7.87. The minimum Gasteiger partial charge on any atom is -0.309 e. The van der Waals surface area contributed by atoms with Crippen LogP contribution in [0.25, 0.3) is 0 Å². The molecule has 0 bridgehead atoms. The number of hydrogen-bond acceptors (Lipinski definition) is 4. The monoisotopic (exact) mass is 342 g/mol. The molecule has 2 heterocycles. The maximum absolute atomic E-state index is 11.9. The van der Waals surface area contributed by atoms with Crippen molar-refractivity contribution in [2.45, 2.75) is 6.42 Å². The van der Waals surface area contributed by atoms with E-state index in [0.29, 0.717) is 5.69 Å². The molecule has 104 valence electrons. The van der Waals surface area contributed by atoms with Gasteiger partial charge in [0.15, 0.2) is 0 Å². The number of anilines is 1. The van der Waals surface area contributed by atoms with Crippen molar-refractivity contribution in [3.05, 3.63) is 22.4 Å². The number of carbonyl (C=O) groups excluding carboxylic acids is 1. The van der Waals surface area contributed by atoms with Gasteiger partial charge in [-0.15, -0.1) is 0 Å². The van der Waals surface area contributed by atoms with Crippen LogP contribution in [0.3, 0.4) is 0 Å². The second kappa shape index (κ2) is 5.44. The maximum Gasteiger partial charge on any atom is 0.232 e. The van der Waals surface area contributed by atoms with Gasteiger partial charge in [-0.05, 0) is 0 Å². The SMILES string of the molecule is O=C1CC(CS(=O)(=O)Cl)CN1c1c(Cl)cncc1Cl. The summed E-state index contributed by atoms with van der Waals surface area (Å²) in [5.41, 5.74) is 0.359. The fourth-order valence-electron chi connectivity index (χ4n) is 2.05. The third kappa shape index (κ3) is 3.51. The highest BCUT2D eigenvalue weighted by Gasteiger charge is 2.35. The number of pyridine rings is 1. The van der Waals surface area contributed by atoms with Crippen molar-refractivity contribution in [2.75, 3.05) is 17.2 Å². The van der Waals surface area contributed by atoms with Gasteiger partial charge in [0.25, 0.3) is 0 Å². The molecule has 9 heteroatoms. The van der Waals surface area contributed by atoms with Gasteiger partial charge in [-0.3, -0.25) is 9.78 Å². The molecule has 1 fully saturated rings. The first-order chi connectivity index (χ1) is 8.78. The molecule has 1 atom stereocenters. The molecule has 1 aromatic heterocycles. The molecule has 1 aliphatic rings. The van der Waals surface area contributed by atoms with Crippen molar-refractivity contribution in [3.8, 4) is 0 Å². The van der Waals surface area contributed by atoms with E-state index in [4.69, 9.17) is 33.9 Å². The second-order valence-electron chi connectivity index (χ2n) is 4.23. The third-order valence-electron chi connectivity index (χ3n) is 2.74. The Labute approximate surface area is 124 Å². The molecule has 0 aromatic carbocycles. The third-order valence-corrected chi connectivity index (χ3v) is 4.54. The number of amides is 1. The number of halogens is 3. The molecule has 0 N–H and O–H groups in total. The Morgan fingerprint density at radius 1 is 1.32 bits per heavy atom. The topological polar surface area (TPSA) is 67.3 Å². The normalized spacial score (nSPS) is 20.1. The summed E-state index contributed by atoms with van der Waals surface area (Å²) in [6.45, 7) is 0.217. The van der Waals surface area contributed by atoms with E-state index in [2.05, 4.69) is 4.98 Å². The predicted molar refractivity (Wildman–Crippen MR) is 74.4 cm³/mol. The van der Waals surface area contributed by atoms with E-state index in [0.717, 1.165) is 0 Å². The van der Waals surface area contributed by atoms with Crippen LogP contribution in [0.2, 0.25) is 10.0 Å². The van der Waals surface area contributed by atoms with Gasteiger partial charge in [-0.2, -0.15) is 0 Å². The van der Waals surface area contributed by atoms with Crippen LogP contribution in [-0.4, -0.2) is 31.6 Å². The smallest absolute Gasteiger partial charge is 0.232 e. The van der Waals surface area contributed by atoms with Crippen LogP contribution in [0, 0.1) is 5.92 Å². The highest BCUT2D eigenvalue weighted by atomic mass is 35.7. The minimum atomic E-state index is -3.64. The van der Waals surface area contributed by atoms with Gasteiger partial charge in [0.1, 0.15) is 0 Å². The average molecular weight is 344 g/mol. The van der Waals surface area contributed by atoms with Crippen LogP contribution >= 0.6 is 33.9 Å². The quantitative estimate of drug-likeness (QED) is 0.790. The number of carbonyl (C=O) groups is 1. The van der Waals surface area contributed by atoms with E-state index in [9.17, 15) is 13.2 Å². The summed E-state index contributed by atoms with van der Waals surface area (Å²) >= 11 is 11.9. The Hall–Kier alpha value is -0.560. The molecule has 1 aliphatic heterocycles. The number of aromatic nitrogens is 1. The minimum absolute atomic E-state index is 0.0981. The van der Waals surface area contributed by atoms with E-state index in [-0.39, 0.29) is 40.6 Å². The van der Waals surface area contributed by atoms with Gasteiger partial charge in [0.05, 0.1) is 21.5 Å². The highest BCUT2D eigenvalue weighted by Crippen LogP contribution is 2.36. The van der Waals surface area contributed by atoms with Crippen molar-refractivity contribution in [1.29, 1.82) is 0 Å². The summed E-state index contributed by atoms with van der Waals surface area (Å²) in [5, 5.41) is 0.491. The summed E-state index contributed by atoms with van der Waals surface area (Å²) in [6, 6.07) is 0. The Morgan fingerprint density at radius 2 is 1.89 bits per heavy atom. The molecule has 19 heavy (non-hydrogen) atoms. The lowest BCUT2D eigenvalue weighted by Gasteiger charge is -2.19. The lowest BCUT2D eigenvalue weighted by atomic mass is 10.1. The Bertz CT molecular complexity index is 600. The van der Waals surface area contributed by atoms with Gasteiger partial charge in [-0.1, -0.05) is 23.2 Å². The van der Waals surface area contributed by atoms with Crippen molar-refractivity contribution < 1.29 is 13.2 Å². The molecule has 5 nitrogen and oxygen atoms in total. The zero-order valence-corrected chi connectivity index (χ0v) is 12.6. The summed E-state index contributed by atoms with van der Waals surface area (Å²) in [5.74, 6) is -0.854. The van der Waals surface area contributed by atoms with Crippen LogP contribution in [0.4, 0.5) is 5.69 Å². The highest BCUT2D eigenvalue weighted by molar-refractivity contribution is 8.13. The molecule has 0 saturated carbocycles. The molecule has 1 unspecified atom stereocenters. The van der Waals surface area contributed by atoms with E-state index in [1.165, 1.54) is 17.3 Å². The summed E-state index contributed by atoms with van der Waals surface area (Å²) in [6.07, 6.45) is 2.85. The Balaban J connectivity index is 2.26. The lowest BCUT2D eigenvalue weighted by molar-refractivity contribution is -0.117. The first-order valence-corrected chi connectivity index (χ1v) is 8.53. The number of nitrogens with zero attached hydrogens (tertiary/aromatic N) is 2. The maximum atomic E-state index is 11.9. The summed E-state index contributed by atoms with van der Waals surface area (Å²) in [4.78, 5) is 17.1. The number of rotatable bonds is 3.